The summed E-state index contributed by atoms with van der Waals surface area (Å²) in [5.74, 6) is -2.66. The second-order valence-corrected chi connectivity index (χ2v) is 3.63. The maximum absolute atomic E-state index is 12.1. The summed E-state index contributed by atoms with van der Waals surface area (Å²) < 4.78 is 36.2. The molecule has 0 fully saturated rings. The number of amides is 2. The third-order valence-corrected chi connectivity index (χ3v) is 2.29. The smallest absolute Gasteiger partial charge is 0.355 e. The topological polar surface area (TPSA) is 58.2 Å². The number of carbonyl (C=O) groups is 2. The quantitative estimate of drug-likeness (QED) is 0.872. The molecule has 4 nitrogen and oxygen atoms in total. The largest absolute Gasteiger partial charge is 0.471 e. The molecule has 0 aliphatic rings. The normalized spacial score (nSPS) is 10.9. The van der Waals surface area contributed by atoms with Crippen LogP contribution >= 0.6 is 11.6 Å². The minimum absolute atomic E-state index is 0.0828. The monoisotopic (exact) mass is 280 g/mol. The molecule has 1 aromatic carbocycles. The minimum atomic E-state index is -5.02. The molecule has 0 saturated heterocycles. The minimum Gasteiger partial charge on any atom is -0.355 e. The summed E-state index contributed by atoms with van der Waals surface area (Å²) in [7, 11) is 1.37. The van der Waals surface area contributed by atoms with Gasteiger partial charge in [0.25, 0.3) is 5.91 Å². The van der Waals surface area contributed by atoms with Crippen LogP contribution in [0.4, 0.5) is 18.9 Å². The number of halogens is 4. The molecular formula is C10H8ClF3N2O2. The maximum atomic E-state index is 12.1. The van der Waals surface area contributed by atoms with Gasteiger partial charge >= 0.3 is 12.1 Å². The molecule has 0 aliphatic heterocycles. The lowest BCUT2D eigenvalue weighted by molar-refractivity contribution is -0.167. The summed E-state index contributed by atoms with van der Waals surface area (Å²) in [6.07, 6.45) is -5.02. The summed E-state index contributed by atoms with van der Waals surface area (Å²) >= 11 is 5.62. The molecule has 18 heavy (non-hydrogen) atoms. The Morgan fingerprint density at radius 3 is 2.39 bits per heavy atom. The van der Waals surface area contributed by atoms with E-state index in [1.54, 1.807) is 5.32 Å². The predicted molar refractivity (Wildman–Crippen MR) is 59.5 cm³/mol. The van der Waals surface area contributed by atoms with E-state index >= 15 is 0 Å². The van der Waals surface area contributed by atoms with Crippen molar-refractivity contribution in [1.82, 2.24) is 5.32 Å². The summed E-state index contributed by atoms with van der Waals surface area (Å²) in [6.45, 7) is 0. The first-order chi connectivity index (χ1) is 8.25. The van der Waals surface area contributed by atoms with Crippen LogP contribution in [-0.4, -0.2) is 25.0 Å². The van der Waals surface area contributed by atoms with E-state index in [1.807, 2.05) is 0 Å². The third kappa shape index (κ3) is 3.36. The van der Waals surface area contributed by atoms with Crippen molar-refractivity contribution in [2.45, 2.75) is 6.18 Å². The zero-order chi connectivity index (χ0) is 13.9. The summed E-state index contributed by atoms with van der Waals surface area (Å²) in [4.78, 5) is 22.0. The molecule has 0 radical (unpaired) electrons. The number of hydrogen-bond donors (Lipinski definition) is 2. The van der Waals surface area contributed by atoms with E-state index in [1.165, 1.54) is 19.2 Å². The Morgan fingerprint density at radius 2 is 1.89 bits per heavy atom. The lowest BCUT2D eigenvalue weighted by Crippen LogP contribution is -2.30. The third-order valence-electron chi connectivity index (χ3n) is 1.96. The van der Waals surface area contributed by atoms with Crippen LogP contribution in [-0.2, 0) is 4.79 Å². The van der Waals surface area contributed by atoms with E-state index in [2.05, 4.69) is 5.32 Å². The van der Waals surface area contributed by atoms with Crippen LogP contribution < -0.4 is 10.6 Å². The molecule has 0 spiro atoms. The van der Waals surface area contributed by atoms with Crippen molar-refractivity contribution in [3.05, 3.63) is 28.8 Å². The number of rotatable bonds is 2. The van der Waals surface area contributed by atoms with Crippen molar-refractivity contribution in [2.24, 2.45) is 0 Å². The molecule has 0 heterocycles. The average Bonchev–Trinajstić information content (AvgIpc) is 2.29. The van der Waals surface area contributed by atoms with Crippen LogP contribution in [0, 0.1) is 0 Å². The predicted octanol–water partition coefficient (Wildman–Crippen LogP) is 2.20. The highest BCUT2D eigenvalue weighted by atomic mass is 35.5. The molecule has 0 atom stereocenters. The zero-order valence-corrected chi connectivity index (χ0v) is 9.82. The average molecular weight is 281 g/mol. The second-order valence-electron chi connectivity index (χ2n) is 3.23. The fourth-order valence-corrected chi connectivity index (χ4v) is 1.26. The second kappa shape index (κ2) is 5.26. The van der Waals surface area contributed by atoms with E-state index in [4.69, 9.17) is 11.6 Å². The summed E-state index contributed by atoms with van der Waals surface area (Å²) in [5.41, 5.74) is -0.195. The van der Waals surface area contributed by atoms with Crippen molar-refractivity contribution in [3.63, 3.8) is 0 Å². The van der Waals surface area contributed by atoms with Gasteiger partial charge < -0.3 is 10.6 Å². The first kappa shape index (κ1) is 14.3. The Hall–Kier alpha value is -1.76. The van der Waals surface area contributed by atoms with Gasteiger partial charge in [0.15, 0.2) is 0 Å². The van der Waals surface area contributed by atoms with Gasteiger partial charge in [-0.1, -0.05) is 11.6 Å². The van der Waals surface area contributed by atoms with Gasteiger partial charge in [-0.05, 0) is 18.2 Å². The van der Waals surface area contributed by atoms with E-state index in [9.17, 15) is 22.8 Å². The fraction of sp³-hybridized carbons (Fsp3) is 0.200. The standard InChI is InChI=1S/C10H8ClF3N2O2/c1-15-8(17)5-2-3-6(11)7(4-5)16-9(18)10(12,13)14/h2-4H,1H3,(H,15,17)(H,16,18). The van der Waals surface area contributed by atoms with E-state index in [0.717, 1.165) is 6.07 Å². The SMILES string of the molecule is CNC(=O)c1ccc(Cl)c(NC(=O)C(F)(F)F)c1. The number of carbonyl (C=O) groups excluding carboxylic acids is 2. The number of hydrogen-bond acceptors (Lipinski definition) is 2. The van der Waals surface area contributed by atoms with Gasteiger partial charge in [0.05, 0.1) is 10.7 Å². The summed E-state index contributed by atoms with van der Waals surface area (Å²) in [6, 6.07) is 3.60. The molecular weight excluding hydrogens is 273 g/mol. The first-order valence-electron chi connectivity index (χ1n) is 4.65. The van der Waals surface area contributed by atoms with Crippen LogP contribution in [0.2, 0.25) is 5.02 Å². The van der Waals surface area contributed by atoms with Gasteiger partial charge in [0.1, 0.15) is 0 Å². The van der Waals surface area contributed by atoms with Crippen LogP contribution in [0.1, 0.15) is 10.4 Å². The molecule has 0 aliphatic carbocycles. The Labute approximate surface area is 105 Å². The lowest BCUT2D eigenvalue weighted by atomic mass is 10.2. The van der Waals surface area contributed by atoms with Gasteiger partial charge in [-0.2, -0.15) is 13.2 Å². The number of benzene rings is 1. The molecule has 0 aromatic heterocycles. The number of alkyl halides is 3. The van der Waals surface area contributed by atoms with Crippen molar-refractivity contribution in [2.75, 3.05) is 12.4 Å². The van der Waals surface area contributed by atoms with Crippen molar-refractivity contribution >= 4 is 29.1 Å². The molecule has 0 unspecified atom stereocenters. The lowest BCUT2D eigenvalue weighted by Gasteiger charge is -2.10. The molecule has 1 aromatic rings. The van der Waals surface area contributed by atoms with Crippen molar-refractivity contribution in [3.8, 4) is 0 Å². The van der Waals surface area contributed by atoms with Gasteiger partial charge in [0.2, 0.25) is 0 Å². The highest BCUT2D eigenvalue weighted by molar-refractivity contribution is 6.34. The van der Waals surface area contributed by atoms with Crippen LogP contribution in [0.15, 0.2) is 18.2 Å². The first-order valence-corrected chi connectivity index (χ1v) is 5.03. The van der Waals surface area contributed by atoms with Gasteiger partial charge in [-0.25, -0.2) is 0 Å². The molecule has 1 rings (SSSR count). The zero-order valence-electron chi connectivity index (χ0n) is 9.06. The molecule has 0 saturated carbocycles. The molecule has 2 amide bonds. The van der Waals surface area contributed by atoms with E-state index in [0.29, 0.717) is 0 Å². The van der Waals surface area contributed by atoms with E-state index in [-0.39, 0.29) is 16.3 Å². The Bertz CT molecular complexity index is 489. The number of anilines is 1. The van der Waals surface area contributed by atoms with Gasteiger partial charge in [-0.15, -0.1) is 0 Å². The van der Waals surface area contributed by atoms with Crippen molar-refractivity contribution in [1.29, 1.82) is 0 Å². The Morgan fingerprint density at radius 1 is 1.28 bits per heavy atom. The maximum Gasteiger partial charge on any atom is 0.471 e. The van der Waals surface area contributed by atoms with Crippen LogP contribution in [0.25, 0.3) is 0 Å². The van der Waals surface area contributed by atoms with Gasteiger partial charge in [0, 0.05) is 12.6 Å². The number of nitrogens with one attached hydrogen (secondary N) is 2. The van der Waals surface area contributed by atoms with Crippen LogP contribution in [0.5, 0.6) is 0 Å². The van der Waals surface area contributed by atoms with Gasteiger partial charge in [-0.3, -0.25) is 9.59 Å². The van der Waals surface area contributed by atoms with E-state index < -0.39 is 18.0 Å². The van der Waals surface area contributed by atoms with Crippen LogP contribution in [0.3, 0.4) is 0 Å². The summed E-state index contributed by atoms with van der Waals surface area (Å²) in [5, 5.41) is 3.79. The molecule has 2 N–H and O–H groups in total. The van der Waals surface area contributed by atoms with Crippen molar-refractivity contribution < 1.29 is 22.8 Å². The molecule has 98 valence electrons. The molecule has 0 bridgehead atoms. The Balaban J connectivity index is 3.02. The highest BCUT2D eigenvalue weighted by Gasteiger charge is 2.39. The fourth-order valence-electron chi connectivity index (χ4n) is 1.10. The Kier molecular flexibility index (Phi) is 4.18. The molecule has 8 heteroatoms. The highest BCUT2D eigenvalue weighted by Crippen LogP contribution is 2.25.